The van der Waals surface area contributed by atoms with Gasteiger partial charge in [-0.2, -0.15) is 0 Å². The molecule has 0 spiro atoms. The lowest BCUT2D eigenvalue weighted by Gasteiger charge is -2.12. The highest BCUT2D eigenvalue weighted by atomic mass is 16.5. The quantitative estimate of drug-likeness (QED) is 0.864. The fourth-order valence-corrected chi connectivity index (χ4v) is 1.94. The van der Waals surface area contributed by atoms with Gasteiger partial charge in [0.15, 0.2) is 0 Å². The minimum Gasteiger partial charge on any atom is -0.465 e. The molecule has 2 N–H and O–H groups in total. The number of hydrogen-bond donors (Lipinski definition) is 2. The van der Waals surface area contributed by atoms with Gasteiger partial charge in [0, 0.05) is 6.54 Å². The number of hydrogen-bond acceptors (Lipinski definition) is 4. The van der Waals surface area contributed by atoms with Gasteiger partial charge in [0.25, 0.3) is 0 Å². The molecule has 1 aromatic rings. The van der Waals surface area contributed by atoms with E-state index in [1.54, 1.807) is 6.07 Å². The van der Waals surface area contributed by atoms with Gasteiger partial charge in [-0.1, -0.05) is 6.08 Å². The molecule has 1 aliphatic heterocycles. The Morgan fingerprint density at radius 2 is 2.32 bits per heavy atom. The van der Waals surface area contributed by atoms with Crippen LogP contribution in [0.5, 0.6) is 0 Å². The number of pyridine rings is 1. The molecule has 0 atom stereocenters. The highest BCUT2D eigenvalue weighted by Crippen LogP contribution is 2.22. The number of aromatic nitrogens is 1. The molecule has 0 unspecified atom stereocenters. The molecule has 2 rings (SSSR count). The first-order valence-electron chi connectivity index (χ1n) is 5.97. The Bertz CT molecular complexity index is 512. The first kappa shape index (κ1) is 13.5. The molecule has 1 aromatic heterocycles. The van der Waals surface area contributed by atoms with Gasteiger partial charge in [0.2, 0.25) is 0 Å². The lowest BCUT2D eigenvalue weighted by atomic mass is 10.1. The lowest BCUT2D eigenvalue weighted by molar-refractivity contribution is 0.209. The van der Waals surface area contributed by atoms with Crippen LogP contribution in [0.15, 0.2) is 18.2 Å². The van der Waals surface area contributed by atoms with Crippen LogP contribution in [0.2, 0.25) is 0 Å². The largest absolute Gasteiger partial charge is 0.465 e. The fraction of sp³-hybridized carbons (Fsp3) is 0.385. The Balaban J connectivity index is 2.33. The van der Waals surface area contributed by atoms with Gasteiger partial charge < -0.3 is 14.7 Å². The number of carboxylic acid groups (broad SMARTS) is 1. The average Bonchev–Trinajstić information content (AvgIpc) is 2.79. The van der Waals surface area contributed by atoms with Crippen LogP contribution in [0.25, 0.3) is 5.57 Å². The minimum atomic E-state index is -1.11. The van der Waals surface area contributed by atoms with E-state index in [0.29, 0.717) is 25.6 Å². The molecule has 0 bridgehead atoms. The second kappa shape index (κ2) is 5.81. The molecule has 6 nitrogen and oxygen atoms in total. The van der Waals surface area contributed by atoms with Gasteiger partial charge in [-0.15, -0.1) is 0 Å². The lowest BCUT2D eigenvalue weighted by Crippen LogP contribution is -2.15. The van der Waals surface area contributed by atoms with Gasteiger partial charge in [-0.25, -0.2) is 9.78 Å². The van der Waals surface area contributed by atoms with E-state index in [0.717, 1.165) is 16.8 Å². The Morgan fingerprint density at radius 3 is 2.89 bits per heavy atom. The van der Waals surface area contributed by atoms with Crippen molar-refractivity contribution in [2.24, 2.45) is 0 Å². The predicted octanol–water partition coefficient (Wildman–Crippen LogP) is 1.65. The van der Waals surface area contributed by atoms with Gasteiger partial charge in [0.1, 0.15) is 5.82 Å². The number of nitrogens with zero attached hydrogens (tertiary/aromatic N) is 2. The molecule has 19 heavy (non-hydrogen) atoms. The van der Waals surface area contributed by atoms with Crippen LogP contribution in [0, 0.1) is 0 Å². The number of carbonyl (C=O) groups is 1. The topological polar surface area (TPSA) is 74.7 Å². The van der Waals surface area contributed by atoms with Crippen molar-refractivity contribution < 1.29 is 14.6 Å². The summed E-state index contributed by atoms with van der Waals surface area (Å²) >= 11 is 0. The zero-order valence-corrected chi connectivity index (χ0v) is 11.0. The summed E-state index contributed by atoms with van der Waals surface area (Å²) in [7, 11) is 3.88. The first-order chi connectivity index (χ1) is 9.04. The van der Waals surface area contributed by atoms with E-state index in [1.165, 1.54) is 0 Å². The zero-order chi connectivity index (χ0) is 13.8. The first-order valence-corrected chi connectivity index (χ1v) is 5.97. The number of ether oxygens (including phenoxy) is 1. The Morgan fingerprint density at radius 1 is 1.53 bits per heavy atom. The molecule has 6 heteroatoms. The fourth-order valence-electron chi connectivity index (χ4n) is 1.94. The molecule has 1 amide bonds. The van der Waals surface area contributed by atoms with Crippen LogP contribution >= 0.6 is 0 Å². The van der Waals surface area contributed by atoms with Crippen molar-refractivity contribution in [2.45, 2.75) is 6.54 Å². The third-order valence-electron chi connectivity index (χ3n) is 2.67. The van der Waals surface area contributed by atoms with Crippen molar-refractivity contribution >= 4 is 17.5 Å². The zero-order valence-electron chi connectivity index (χ0n) is 11.0. The maximum absolute atomic E-state index is 10.7. The average molecular weight is 263 g/mol. The second-order valence-electron chi connectivity index (χ2n) is 4.64. The van der Waals surface area contributed by atoms with E-state index in [2.05, 4.69) is 10.3 Å². The van der Waals surface area contributed by atoms with Crippen LogP contribution in [0.1, 0.15) is 11.3 Å². The predicted molar refractivity (Wildman–Crippen MR) is 72.1 cm³/mol. The number of anilines is 1. The van der Waals surface area contributed by atoms with E-state index in [-0.39, 0.29) is 0 Å². The number of amides is 1. The van der Waals surface area contributed by atoms with Crippen molar-refractivity contribution in [3.05, 3.63) is 29.5 Å². The standard InChI is InChI=1S/C13H17N3O3/c1-16(2)7-11-5-10(9-3-4-19-8-9)6-12(14-11)15-13(17)18/h3,5-6H,4,7-8H2,1-2H3,(H,14,15)(H,17,18). The number of nitrogens with one attached hydrogen (secondary N) is 1. The van der Waals surface area contributed by atoms with E-state index in [1.807, 2.05) is 31.1 Å². The van der Waals surface area contributed by atoms with E-state index < -0.39 is 6.09 Å². The summed E-state index contributed by atoms with van der Waals surface area (Å²) < 4.78 is 5.29. The summed E-state index contributed by atoms with van der Waals surface area (Å²) in [6, 6.07) is 3.70. The van der Waals surface area contributed by atoms with Gasteiger partial charge in [-0.3, -0.25) is 5.32 Å². The molecular weight excluding hydrogens is 246 g/mol. The molecule has 0 saturated heterocycles. The minimum absolute atomic E-state index is 0.342. The summed E-state index contributed by atoms with van der Waals surface area (Å²) in [6.45, 7) is 1.80. The highest BCUT2D eigenvalue weighted by molar-refractivity contribution is 5.82. The Hall–Kier alpha value is -1.92. The van der Waals surface area contributed by atoms with Gasteiger partial charge in [0.05, 0.1) is 18.9 Å². The summed E-state index contributed by atoms with van der Waals surface area (Å²) in [4.78, 5) is 17.0. The van der Waals surface area contributed by atoms with Gasteiger partial charge in [-0.05, 0) is 37.4 Å². The number of rotatable bonds is 4. The summed E-state index contributed by atoms with van der Waals surface area (Å²) in [6.07, 6.45) is 0.886. The summed E-state index contributed by atoms with van der Waals surface area (Å²) in [5.74, 6) is 0.342. The van der Waals surface area contributed by atoms with Gasteiger partial charge >= 0.3 is 6.09 Å². The van der Waals surface area contributed by atoms with E-state index >= 15 is 0 Å². The Labute approximate surface area is 111 Å². The van der Waals surface area contributed by atoms with Crippen molar-refractivity contribution in [1.29, 1.82) is 0 Å². The van der Waals surface area contributed by atoms with Crippen LogP contribution < -0.4 is 5.32 Å². The van der Waals surface area contributed by atoms with Crippen LogP contribution in [0.3, 0.4) is 0 Å². The molecule has 0 saturated carbocycles. The molecule has 0 fully saturated rings. The maximum atomic E-state index is 10.7. The van der Waals surface area contributed by atoms with E-state index in [4.69, 9.17) is 9.84 Å². The molecule has 1 aliphatic rings. The third kappa shape index (κ3) is 3.77. The maximum Gasteiger partial charge on any atom is 0.410 e. The monoisotopic (exact) mass is 263 g/mol. The Kier molecular flexibility index (Phi) is 4.13. The van der Waals surface area contributed by atoms with Crippen LogP contribution in [0.4, 0.5) is 10.6 Å². The van der Waals surface area contributed by atoms with Crippen molar-refractivity contribution in [2.75, 3.05) is 32.6 Å². The molecule has 0 aliphatic carbocycles. The smallest absolute Gasteiger partial charge is 0.410 e. The third-order valence-corrected chi connectivity index (χ3v) is 2.67. The molecule has 0 aromatic carbocycles. The molecule has 2 heterocycles. The molecule has 0 radical (unpaired) electrons. The summed E-state index contributed by atoms with van der Waals surface area (Å²) in [5, 5.41) is 11.1. The molecular formula is C13H17N3O3. The van der Waals surface area contributed by atoms with Crippen molar-refractivity contribution in [1.82, 2.24) is 9.88 Å². The van der Waals surface area contributed by atoms with Crippen molar-refractivity contribution in [3.8, 4) is 0 Å². The van der Waals surface area contributed by atoms with Crippen LogP contribution in [-0.2, 0) is 11.3 Å². The normalized spacial score (nSPS) is 14.6. The highest BCUT2D eigenvalue weighted by Gasteiger charge is 2.12. The van der Waals surface area contributed by atoms with Crippen molar-refractivity contribution in [3.63, 3.8) is 0 Å². The summed E-state index contributed by atoms with van der Waals surface area (Å²) in [5.41, 5.74) is 2.84. The SMILES string of the molecule is CN(C)Cc1cc(C2=CCOC2)cc(NC(=O)O)n1. The van der Waals surface area contributed by atoms with E-state index in [9.17, 15) is 4.79 Å². The van der Waals surface area contributed by atoms with Crippen LogP contribution in [-0.4, -0.2) is 48.4 Å². The second-order valence-corrected chi connectivity index (χ2v) is 4.64. The molecule has 102 valence electrons.